The standard InChI is InChI=1S/C15H18ClF3N2O2/c1-9-8-21(5-6-23-9)10(2)14(22)20-13-4-3-11(16)7-12(13)15(17,18)19/h3-4,7,9-10H,5-6,8H2,1-2H3,(H,20,22)/t9-,10+/m0/s1. The van der Waals surface area contributed by atoms with Crippen LogP contribution in [0.15, 0.2) is 18.2 Å². The van der Waals surface area contributed by atoms with Crippen molar-refractivity contribution in [1.82, 2.24) is 4.90 Å². The number of alkyl halides is 3. The molecule has 0 unspecified atom stereocenters. The summed E-state index contributed by atoms with van der Waals surface area (Å²) in [6.45, 7) is 5.16. The largest absolute Gasteiger partial charge is 0.418 e. The maximum atomic E-state index is 13.0. The molecular weight excluding hydrogens is 333 g/mol. The van der Waals surface area contributed by atoms with Crippen LogP contribution < -0.4 is 5.32 Å². The number of rotatable bonds is 3. The van der Waals surface area contributed by atoms with E-state index >= 15 is 0 Å². The van der Waals surface area contributed by atoms with Crippen molar-refractivity contribution in [2.75, 3.05) is 25.0 Å². The highest BCUT2D eigenvalue weighted by Gasteiger charge is 2.35. The summed E-state index contributed by atoms with van der Waals surface area (Å²) >= 11 is 5.62. The lowest BCUT2D eigenvalue weighted by atomic mass is 10.1. The lowest BCUT2D eigenvalue weighted by Crippen LogP contribution is -2.50. The SMILES string of the molecule is C[C@H](C(=O)Nc1ccc(Cl)cc1C(F)(F)F)N1CCO[C@@H](C)C1. The average Bonchev–Trinajstić information content (AvgIpc) is 2.47. The van der Waals surface area contributed by atoms with E-state index in [1.165, 1.54) is 6.07 Å². The average molecular weight is 351 g/mol. The van der Waals surface area contributed by atoms with Crippen LogP contribution in [0.5, 0.6) is 0 Å². The third-order valence-corrected chi connectivity index (χ3v) is 3.98. The third-order valence-electron chi connectivity index (χ3n) is 3.74. The molecule has 1 saturated heterocycles. The number of anilines is 1. The van der Waals surface area contributed by atoms with Crippen molar-refractivity contribution < 1.29 is 22.7 Å². The van der Waals surface area contributed by atoms with Crippen molar-refractivity contribution in [3.63, 3.8) is 0 Å². The fraction of sp³-hybridized carbons (Fsp3) is 0.533. The molecule has 1 heterocycles. The molecule has 1 N–H and O–H groups in total. The van der Waals surface area contributed by atoms with Crippen LogP contribution in [-0.2, 0) is 15.7 Å². The second kappa shape index (κ2) is 7.07. The number of carbonyl (C=O) groups excluding carboxylic acids is 1. The van der Waals surface area contributed by atoms with E-state index < -0.39 is 23.7 Å². The molecule has 0 spiro atoms. The van der Waals surface area contributed by atoms with E-state index in [1.54, 1.807) is 6.92 Å². The van der Waals surface area contributed by atoms with Gasteiger partial charge in [-0.3, -0.25) is 9.69 Å². The van der Waals surface area contributed by atoms with Crippen LogP contribution in [0.4, 0.5) is 18.9 Å². The van der Waals surface area contributed by atoms with Gasteiger partial charge >= 0.3 is 6.18 Å². The molecule has 4 nitrogen and oxygen atoms in total. The number of hydrogen-bond acceptors (Lipinski definition) is 3. The molecule has 1 aliphatic heterocycles. The predicted molar refractivity (Wildman–Crippen MR) is 81.5 cm³/mol. The number of hydrogen-bond donors (Lipinski definition) is 1. The Balaban J connectivity index is 2.14. The van der Waals surface area contributed by atoms with Crippen molar-refractivity contribution in [3.05, 3.63) is 28.8 Å². The van der Waals surface area contributed by atoms with Crippen LogP contribution in [-0.4, -0.2) is 42.6 Å². The number of carbonyl (C=O) groups is 1. The molecule has 1 amide bonds. The number of nitrogens with zero attached hydrogens (tertiary/aromatic N) is 1. The minimum Gasteiger partial charge on any atom is -0.376 e. The van der Waals surface area contributed by atoms with E-state index in [0.29, 0.717) is 19.7 Å². The molecule has 0 saturated carbocycles. The monoisotopic (exact) mass is 350 g/mol. The summed E-state index contributed by atoms with van der Waals surface area (Å²) in [5.41, 5.74) is -1.25. The van der Waals surface area contributed by atoms with Gasteiger partial charge in [0.15, 0.2) is 0 Å². The summed E-state index contributed by atoms with van der Waals surface area (Å²) in [6, 6.07) is 2.72. The normalized spacial score (nSPS) is 21.0. The van der Waals surface area contributed by atoms with Gasteiger partial charge in [-0.1, -0.05) is 11.6 Å². The van der Waals surface area contributed by atoms with E-state index in [4.69, 9.17) is 16.3 Å². The molecule has 128 valence electrons. The Bertz CT molecular complexity index is 580. The van der Waals surface area contributed by atoms with Crippen molar-refractivity contribution in [2.24, 2.45) is 0 Å². The molecule has 23 heavy (non-hydrogen) atoms. The van der Waals surface area contributed by atoms with Gasteiger partial charge in [0.1, 0.15) is 0 Å². The number of benzene rings is 1. The van der Waals surface area contributed by atoms with Crippen LogP contribution in [0.1, 0.15) is 19.4 Å². The zero-order chi connectivity index (χ0) is 17.2. The minimum atomic E-state index is -4.59. The van der Waals surface area contributed by atoms with Gasteiger partial charge in [0, 0.05) is 18.1 Å². The van der Waals surface area contributed by atoms with Gasteiger partial charge in [-0.15, -0.1) is 0 Å². The molecule has 0 bridgehead atoms. The van der Waals surface area contributed by atoms with Crippen molar-refractivity contribution in [2.45, 2.75) is 32.2 Å². The molecule has 0 radical (unpaired) electrons. The van der Waals surface area contributed by atoms with Crippen LogP contribution in [0.3, 0.4) is 0 Å². The Labute approximate surface area is 137 Å². The fourth-order valence-corrected chi connectivity index (χ4v) is 2.63. The van der Waals surface area contributed by atoms with Gasteiger partial charge in [-0.25, -0.2) is 0 Å². The van der Waals surface area contributed by atoms with Gasteiger partial charge in [0.2, 0.25) is 5.91 Å². The zero-order valence-corrected chi connectivity index (χ0v) is 13.5. The first kappa shape index (κ1) is 18.0. The molecular formula is C15H18ClF3N2O2. The summed E-state index contributed by atoms with van der Waals surface area (Å²) in [5.74, 6) is -0.494. The zero-order valence-electron chi connectivity index (χ0n) is 12.8. The highest BCUT2D eigenvalue weighted by molar-refractivity contribution is 6.30. The third kappa shape index (κ3) is 4.59. The highest BCUT2D eigenvalue weighted by Crippen LogP contribution is 2.36. The first-order chi connectivity index (χ1) is 10.7. The molecule has 0 aromatic heterocycles. The molecule has 1 aliphatic rings. The summed E-state index contributed by atoms with van der Waals surface area (Å²) in [7, 11) is 0. The van der Waals surface area contributed by atoms with Gasteiger partial charge in [-0.2, -0.15) is 13.2 Å². The van der Waals surface area contributed by atoms with Crippen LogP contribution in [0.25, 0.3) is 0 Å². The van der Waals surface area contributed by atoms with E-state index in [0.717, 1.165) is 12.1 Å². The maximum Gasteiger partial charge on any atom is 0.418 e. The van der Waals surface area contributed by atoms with Gasteiger partial charge in [0.05, 0.1) is 30.0 Å². The molecule has 1 aromatic carbocycles. The van der Waals surface area contributed by atoms with Crippen molar-refractivity contribution >= 4 is 23.2 Å². The molecule has 0 aliphatic carbocycles. The Morgan fingerprint density at radius 3 is 2.78 bits per heavy atom. The smallest absolute Gasteiger partial charge is 0.376 e. The van der Waals surface area contributed by atoms with E-state index in [2.05, 4.69) is 5.32 Å². The Morgan fingerprint density at radius 2 is 2.17 bits per heavy atom. The van der Waals surface area contributed by atoms with Gasteiger partial charge < -0.3 is 10.1 Å². The molecule has 2 atom stereocenters. The van der Waals surface area contributed by atoms with E-state index in [1.807, 2.05) is 11.8 Å². The quantitative estimate of drug-likeness (QED) is 0.908. The molecule has 8 heteroatoms. The fourth-order valence-electron chi connectivity index (χ4n) is 2.46. The summed E-state index contributed by atoms with van der Waals surface area (Å²) in [5, 5.41) is 2.32. The molecule has 2 rings (SSSR count). The first-order valence-electron chi connectivity index (χ1n) is 7.21. The minimum absolute atomic E-state index is 0.0136. The van der Waals surface area contributed by atoms with Crippen LogP contribution in [0.2, 0.25) is 5.02 Å². The number of ether oxygens (including phenoxy) is 1. The topological polar surface area (TPSA) is 41.6 Å². The molecule has 1 fully saturated rings. The number of amides is 1. The highest BCUT2D eigenvalue weighted by atomic mass is 35.5. The van der Waals surface area contributed by atoms with Gasteiger partial charge in [-0.05, 0) is 32.0 Å². The Morgan fingerprint density at radius 1 is 1.48 bits per heavy atom. The number of halogens is 4. The first-order valence-corrected chi connectivity index (χ1v) is 7.59. The number of morpholine rings is 1. The number of nitrogens with one attached hydrogen (secondary N) is 1. The lowest BCUT2D eigenvalue weighted by Gasteiger charge is -2.34. The van der Waals surface area contributed by atoms with Crippen molar-refractivity contribution in [3.8, 4) is 0 Å². The Hall–Kier alpha value is -1.31. The second-order valence-corrected chi connectivity index (χ2v) is 5.97. The lowest BCUT2D eigenvalue weighted by molar-refractivity contribution is -0.137. The predicted octanol–water partition coefficient (Wildman–Crippen LogP) is 3.41. The van der Waals surface area contributed by atoms with E-state index in [-0.39, 0.29) is 16.8 Å². The van der Waals surface area contributed by atoms with Crippen LogP contribution >= 0.6 is 11.6 Å². The summed E-state index contributed by atoms with van der Waals surface area (Å²) in [4.78, 5) is 14.2. The summed E-state index contributed by atoms with van der Waals surface area (Å²) < 4.78 is 44.5. The second-order valence-electron chi connectivity index (χ2n) is 5.53. The molecule has 1 aromatic rings. The van der Waals surface area contributed by atoms with Crippen LogP contribution in [0, 0.1) is 0 Å². The van der Waals surface area contributed by atoms with E-state index in [9.17, 15) is 18.0 Å². The van der Waals surface area contributed by atoms with Crippen molar-refractivity contribution in [1.29, 1.82) is 0 Å². The summed E-state index contributed by atoms with van der Waals surface area (Å²) in [6.07, 6.45) is -4.61. The van der Waals surface area contributed by atoms with Gasteiger partial charge in [0.25, 0.3) is 0 Å². The maximum absolute atomic E-state index is 13.0. The Kier molecular flexibility index (Phi) is 5.54.